The van der Waals surface area contributed by atoms with Crippen molar-refractivity contribution < 1.29 is 14.7 Å². The normalized spacial score (nSPS) is 23.0. The Hall–Kier alpha value is -2.70. The number of amides is 1. The lowest BCUT2D eigenvalue weighted by Crippen LogP contribution is -2.30. The van der Waals surface area contributed by atoms with Crippen molar-refractivity contribution in [2.75, 3.05) is 13.1 Å². The number of hydrogen-bond acceptors (Lipinski definition) is 4. The molecule has 1 aromatic carbocycles. The standard InChI is InChI=1S/C18H20N4O3/c23-17(21-9-14(13-6-7-13)15(10-21)18(24)25)16-11-22(20-19-16)8-12-4-2-1-3-5-12/h1-5,11,13-15H,6-10H2,(H,24,25)/t14-,15+/m1/s1. The van der Waals surface area contributed by atoms with E-state index in [1.165, 1.54) is 0 Å². The van der Waals surface area contributed by atoms with Gasteiger partial charge in [0, 0.05) is 13.1 Å². The predicted octanol–water partition coefficient (Wildman–Crippen LogP) is 1.51. The van der Waals surface area contributed by atoms with E-state index in [1.54, 1.807) is 15.8 Å². The lowest BCUT2D eigenvalue weighted by atomic mass is 9.92. The summed E-state index contributed by atoms with van der Waals surface area (Å²) in [6.07, 6.45) is 3.78. The molecule has 0 radical (unpaired) electrons. The first-order chi connectivity index (χ1) is 12.1. The largest absolute Gasteiger partial charge is 0.481 e. The lowest BCUT2D eigenvalue weighted by Gasteiger charge is -2.14. The van der Waals surface area contributed by atoms with Crippen molar-refractivity contribution in [2.45, 2.75) is 19.4 Å². The highest BCUT2D eigenvalue weighted by Crippen LogP contribution is 2.44. The number of carboxylic acid groups (broad SMARTS) is 1. The number of benzene rings is 1. The lowest BCUT2D eigenvalue weighted by molar-refractivity contribution is -0.142. The number of hydrogen-bond donors (Lipinski definition) is 1. The summed E-state index contributed by atoms with van der Waals surface area (Å²) in [5, 5.41) is 17.4. The number of nitrogens with zero attached hydrogens (tertiary/aromatic N) is 4. The minimum absolute atomic E-state index is 0.0702. The Kier molecular flexibility index (Phi) is 3.99. The molecule has 1 aliphatic heterocycles. The Bertz CT molecular complexity index is 785. The molecule has 2 heterocycles. The Morgan fingerprint density at radius 3 is 2.60 bits per heavy atom. The van der Waals surface area contributed by atoms with Crippen molar-refractivity contribution in [3.05, 3.63) is 47.8 Å². The van der Waals surface area contributed by atoms with Gasteiger partial charge in [0.1, 0.15) is 0 Å². The molecule has 1 saturated heterocycles. The van der Waals surface area contributed by atoms with E-state index in [4.69, 9.17) is 0 Å². The quantitative estimate of drug-likeness (QED) is 0.891. The zero-order valence-corrected chi connectivity index (χ0v) is 13.8. The highest BCUT2D eigenvalue weighted by Gasteiger charge is 2.47. The zero-order chi connectivity index (χ0) is 17.4. The topological polar surface area (TPSA) is 88.3 Å². The molecule has 0 spiro atoms. The number of rotatable bonds is 5. The van der Waals surface area contributed by atoms with Gasteiger partial charge >= 0.3 is 5.97 Å². The molecule has 1 amide bonds. The molecular formula is C18H20N4O3. The fourth-order valence-electron chi connectivity index (χ4n) is 3.66. The second-order valence-corrected chi connectivity index (χ2v) is 6.94. The van der Waals surface area contributed by atoms with Gasteiger partial charge < -0.3 is 10.0 Å². The molecule has 0 bridgehead atoms. The fraction of sp³-hybridized carbons (Fsp3) is 0.444. The van der Waals surface area contributed by atoms with Gasteiger partial charge in [0.25, 0.3) is 5.91 Å². The summed E-state index contributed by atoms with van der Waals surface area (Å²) in [6.45, 7) is 1.32. The Labute approximate surface area is 145 Å². The van der Waals surface area contributed by atoms with Gasteiger partial charge in [-0.2, -0.15) is 0 Å². The number of aliphatic carboxylic acids is 1. The van der Waals surface area contributed by atoms with Crippen LogP contribution in [0.5, 0.6) is 0 Å². The first-order valence-electron chi connectivity index (χ1n) is 8.58. The summed E-state index contributed by atoms with van der Waals surface area (Å²) in [6, 6.07) is 9.82. The second kappa shape index (κ2) is 6.31. The van der Waals surface area contributed by atoms with Crippen LogP contribution in [0.3, 0.4) is 0 Å². The summed E-state index contributed by atoms with van der Waals surface area (Å²) in [7, 11) is 0. The van der Waals surface area contributed by atoms with Crippen LogP contribution in [0.1, 0.15) is 28.9 Å². The van der Waals surface area contributed by atoms with Crippen molar-refractivity contribution in [1.29, 1.82) is 0 Å². The van der Waals surface area contributed by atoms with Gasteiger partial charge in [-0.3, -0.25) is 9.59 Å². The third kappa shape index (κ3) is 3.26. The summed E-state index contributed by atoms with van der Waals surface area (Å²) in [4.78, 5) is 25.8. The Morgan fingerprint density at radius 2 is 1.92 bits per heavy atom. The molecule has 4 rings (SSSR count). The van der Waals surface area contributed by atoms with Crippen molar-refractivity contribution in [1.82, 2.24) is 19.9 Å². The maximum absolute atomic E-state index is 12.7. The van der Waals surface area contributed by atoms with Gasteiger partial charge in [0.05, 0.1) is 18.7 Å². The van der Waals surface area contributed by atoms with Gasteiger partial charge in [-0.15, -0.1) is 5.10 Å². The molecule has 2 aromatic rings. The third-order valence-electron chi connectivity index (χ3n) is 5.14. The van der Waals surface area contributed by atoms with Crippen LogP contribution in [0.25, 0.3) is 0 Å². The molecule has 1 aliphatic carbocycles. The number of carbonyl (C=O) groups is 2. The van der Waals surface area contributed by atoms with Crippen molar-refractivity contribution in [3.8, 4) is 0 Å². The Balaban J connectivity index is 1.45. The fourth-order valence-corrected chi connectivity index (χ4v) is 3.66. The molecule has 2 fully saturated rings. The van der Waals surface area contributed by atoms with E-state index >= 15 is 0 Å². The monoisotopic (exact) mass is 340 g/mol. The molecule has 1 N–H and O–H groups in total. The maximum Gasteiger partial charge on any atom is 0.308 e. The molecule has 1 saturated carbocycles. The van der Waals surface area contributed by atoms with Crippen molar-refractivity contribution >= 4 is 11.9 Å². The maximum atomic E-state index is 12.7. The van der Waals surface area contributed by atoms with Crippen LogP contribution >= 0.6 is 0 Å². The average molecular weight is 340 g/mol. The Morgan fingerprint density at radius 1 is 1.16 bits per heavy atom. The number of likely N-dealkylation sites (tertiary alicyclic amines) is 1. The van der Waals surface area contributed by atoms with E-state index < -0.39 is 11.9 Å². The average Bonchev–Trinajstić information content (AvgIpc) is 3.18. The minimum Gasteiger partial charge on any atom is -0.481 e. The summed E-state index contributed by atoms with van der Waals surface area (Å²) < 4.78 is 1.63. The van der Waals surface area contributed by atoms with E-state index in [0.29, 0.717) is 19.0 Å². The van der Waals surface area contributed by atoms with Crippen LogP contribution < -0.4 is 0 Å². The smallest absolute Gasteiger partial charge is 0.308 e. The van der Waals surface area contributed by atoms with Gasteiger partial charge in [-0.05, 0) is 30.2 Å². The van der Waals surface area contributed by atoms with Gasteiger partial charge in [-0.25, -0.2) is 4.68 Å². The van der Waals surface area contributed by atoms with Gasteiger partial charge in [0.15, 0.2) is 5.69 Å². The van der Waals surface area contributed by atoms with Crippen LogP contribution in [0.15, 0.2) is 36.5 Å². The van der Waals surface area contributed by atoms with Gasteiger partial charge in [0.2, 0.25) is 0 Å². The van der Waals surface area contributed by atoms with E-state index in [9.17, 15) is 14.7 Å². The molecule has 1 aromatic heterocycles. The number of carboxylic acids is 1. The summed E-state index contributed by atoms with van der Waals surface area (Å²) >= 11 is 0. The molecule has 0 unspecified atom stereocenters. The van der Waals surface area contributed by atoms with Crippen molar-refractivity contribution in [2.24, 2.45) is 17.8 Å². The highest BCUT2D eigenvalue weighted by molar-refractivity contribution is 5.92. The molecule has 2 aliphatic rings. The third-order valence-corrected chi connectivity index (χ3v) is 5.14. The summed E-state index contributed by atoms with van der Waals surface area (Å²) in [5.41, 5.74) is 1.35. The zero-order valence-electron chi connectivity index (χ0n) is 13.8. The van der Waals surface area contributed by atoms with Crippen LogP contribution in [-0.2, 0) is 11.3 Å². The van der Waals surface area contributed by atoms with Crippen molar-refractivity contribution in [3.63, 3.8) is 0 Å². The molecule has 25 heavy (non-hydrogen) atoms. The molecular weight excluding hydrogens is 320 g/mol. The predicted molar refractivity (Wildman–Crippen MR) is 88.8 cm³/mol. The van der Waals surface area contributed by atoms with E-state index in [2.05, 4.69) is 10.3 Å². The number of aromatic nitrogens is 3. The summed E-state index contributed by atoms with van der Waals surface area (Å²) in [5.74, 6) is -0.974. The first kappa shape index (κ1) is 15.8. The van der Waals surface area contributed by atoms with Crippen LogP contribution in [0, 0.1) is 17.8 Å². The highest BCUT2D eigenvalue weighted by atomic mass is 16.4. The van der Waals surface area contributed by atoms with E-state index in [-0.39, 0.29) is 24.1 Å². The second-order valence-electron chi connectivity index (χ2n) is 6.94. The molecule has 2 atom stereocenters. The molecule has 130 valence electrons. The van der Waals surface area contributed by atoms with E-state index in [1.807, 2.05) is 30.3 Å². The first-order valence-corrected chi connectivity index (χ1v) is 8.58. The number of carbonyl (C=O) groups excluding carboxylic acids is 1. The van der Waals surface area contributed by atoms with Crippen LogP contribution in [-0.4, -0.2) is 50.0 Å². The molecule has 7 nitrogen and oxygen atoms in total. The SMILES string of the molecule is O=C(O)[C@H]1CN(C(=O)c2cn(Cc3ccccc3)nn2)C[C@@H]1C1CC1. The minimum atomic E-state index is -0.806. The molecule has 7 heteroatoms. The van der Waals surface area contributed by atoms with Crippen LogP contribution in [0.4, 0.5) is 0 Å². The van der Waals surface area contributed by atoms with Gasteiger partial charge in [-0.1, -0.05) is 35.5 Å². The van der Waals surface area contributed by atoms with Crippen LogP contribution in [0.2, 0.25) is 0 Å². The van der Waals surface area contributed by atoms with E-state index in [0.717, 1.165) is 18.4 Å².